The lowest BCUT2D eigenvalue weighted by Gasteiger charge is -2.09. The highest BCUT2D eigenvalue weighted by Crippen LogP contribution is 2.15. The predicted molar refractivity (Wildman–Crippen MR) is 76.4 cm³/mol. The normalized spacial score (nSPS) is 11.3. The second-order valence-corrected chi connectivity index (χ2v) is 6.37. The summed E-state index contributed by atoms with van der Waals surface area (Å²) in [5, 5.41) is 0. The molecule has 6 heteroatoms. The summed E-state index contributed by atoms with van der Waals surface area (Å²) in [6.07, 6.45) is 0.986. The molecule has 20 heavy (non-hydrogen) atoms. The second kappa shape index (κ2) is 6.02. The molecule has 2 N–H and O–H groups in total. The summed E-state index contributed by atoms with van der Waals surface area (Å²) in [6.45, 7) is 0.371. The zero-order chi connectivity index (χ0) is 14.6. The van der Waals surface area contributed by atoms with Gasteiger partial charge in [-0.05, 0) is 29.8 Å². The smallest absolute Gasteiger partial charge is 0.178 e. The molecule has 0 heterocycles. The van der Waals surface area contributed by atoms with E-state index >= 15 is 0 Å². The van der Waals surface area contributed by atoms with Crippen molar-refractivity contribution < 1.29 is 12.8 Å². The lowest BCUT2D eigenvalue weighted by molar-refractivity contribution is 0.568. The van der Waals surface area contributed by atoms with E-state index < -0.39 is 15.7 Å². The molecule has 0 saturated carbocycles. The maximum Gasteiger partial charge on any atom is 0.178 e. The van der Waals surface area contributed by atoms with Gasteiger partial charge in [0.15, 0.2) is 9.84 Å². The average molecular weight is 294 g/mol. The van der Waals surface area contributed by atoms with Crippen LogP contribution in [-0.2, 0) is 16.4 Å². The molecular weight excluding hydrogens is 279 g/mol. The largest absolute Gasteiger partial charge is 0.321 e. The van der Waals surface area contributed by atoms with Crippen LogP contribution in [0.4, 0.5) is 10.1 Å². The molecule has 0 aromatic heterocycles. The number of benzene rings is 2. The maximum atomic E-state index is 13.7. The Morgan fingerprint density at radius 1 is 1.10 bits per heavy atom. The van der Waals surface area contributed by atoms with E-state index in [9.17, 15) is 12.8 Å². The van der Waals surface area contributed by atoms with Gasteiger partial charge in [0, 0.05) is 18.5 Å². The Labute approximate surface area is 117 Å². The zero-order valence-electron chi connectivity index (χ0n) is 10.9. The van der Waals surface area contributed by atoms with Crippen molar-refractivity contribution in [1.82, 2.24) is 5.43 Å². The van der Waals surface area contributed by atoms with Gasteiger partial charge in [0.1, 0.15) is 10.7 Å². The number of anilines is 1. The fourth-order valence-corrected chi connectivity index (χ4v) is 2.45. The maximum absolute atomic E-state index is 13.7. The molecule has 4 nitrogen and oxygen atoms in total. The first-order chi connectivity index (χ1) is 9.47. The van der Waals surface area contributed by atoms with Crippen LogP contribution in [0.1, 0.15) is 5.56 Å². The molecule has 106 valence electrons. The number of sulfone groups is 1. The van der Waals surface area contributed by atoms with E-state index in [1.807, 2.05) is 30.3 Å². The summed E-state index contributed by atoms with van der Waals surface area (Å²) in [4.78, 5) is -0.280. The van der Waals surface area contributed by atoms with Crippen molar-refractivity contribution >= 4 is 15.5 Å². The van der Waals surface area contributed by atoms with E-state index in [2.05, 4.69) is 10.9 Å². The fraction of sp³-hybridized carbons (Fsp3) is 0.143. The van der Waals surface area contributed by atoms with Crippen LogP contribution in [0.2, 0.25) is 0 Å². The molecule has 0 radical (unpaired) electrons. The van der Waals surface area contributed by atoms with Crippen LogP contribution in [0, 0.1) is 5.82 Å². The molecule has 2 rings (SSSR count). The van der Waals surface area contributed by atoms with Gasteiger partial charge >= 0.3 is 0 Å². The van der Waals surface area contributed by atoms with E-state index in [1.54, 1.807) is 6.07 Å². The Balaban J connectivity index is 1.99. The van der Waals surface area contributed by atoms with Crippen LogP contribution in [0.25, 0.3) is 0 Å². The first kappa shape index (κ1) is 14.5. The van der Waals surface area contributed by atoms with Crippen molar-refractivity contribution in [1.29, 1.82) is 0 Å². The number of rotatable bonds is 5. The highest BCUT2D eigenvalue weighted by Gasteiger charge is 2.13. The lowest BCUT2D eigenvalue weighted by atomic mass is 10.2. The minimum Gasteiger partial charge on any atom is -0.321 e. The highest BCUT2D eigenvalue weighted by atomic mass is 32.2. The van der Waals surface area contributed by atoms with Gasteiger partial charge in [0.25, 0.3) is 0 Å². The van der Waals surface area contributed by atoms with E-state index in [4.69, 9.17) is 0 Å². The van der Waals surface area contributed by atoms with Crippen molar-refractivity contribution in [3.63, 3.8) is 0 Å². The molecule has 0 saturated heterocycles. The number of hydrazine groups is 1. The minimum atomic E-state index is -3.52. The molecule has 0 amide bonds. The second-order valence-electron chi connectivity index (χ2n) is 4.38. The summed E-state index contributed by atoms with van der Waals surface area (Å²) in [7, 11) is -3.52. The quantitative estimate of drug-likeness (QED) is 0.831. The van der Waals surface area contributed by atoms with Gasteiger partial charge in [0.2, 0.25) is 0 Å². The third-order valence-corrected chi connectivity index (χ3v) is 3.82. The van der Waals surface area contributed by atoms with E-state index in [0.29, 0.717) is 12.1 Å². The Morgan fingerprint density at radius 3 is 2.40 bits per heavy atom. The van der Waals surface area contributed by atoms with Crippen LogP contribution in [-0.4, -0.2) is 14.7 Å². The van der Waals surface area contributed by atoms with E-state index in [-0.39, 0.29) is 4.90 Å². The summed E-state index contributed by atoms with van der Waals surface area (Å²) in [6, 6.07) is 13.6. The SMILES string of the molecule is CS(=O)(=O)c1ccc(CNNc2ccccc2)cc1F. The number of hydrogen-bond acceptors (Lipinski definition) is 4. The Hall–Kier alpha value is -1.92. The highest BCUT2D eigenvalue weighted by molar-refractivity contribution is 7.90. The summed E-state index contributed by atoms with van der Waals surface area (Å²) >= 11 is 0. The zero-order valence-corrected chi connectivity index (χ0v) is 11.7. The van der Waals surface area contributed by atoms with Crippen molar-refractivity contribution in [3.8, 4) is 0 Å². The summed E-state index contributed by atoms with van der Waals surface area (Å²) < 4.78 is 36.3. The molecule has 0 aliphatic carbocycles. The van der Waals surface area contributed by atoms with Gasteiger partial charge in [-0.15, -0.1) is 0 Å². The predicted octanol–water partition coefficient (Wildman–Crippen LogP) is 2.35. The van der Waals surface area contributed by atoms with Gasteiger partial charge in [-0.2, -0.15) is 0 Å². The van der Waals surface area contributed by atoms with Crippen LogP contribution in [0.3, 0.4) is 0 Å². The van der Waals surface area contributed by atoms with Gasteiger partial charge in [0.05, 0.1) is 0 Å². The first-order valence-electron chi connectivity index (χ1n) is 5.99. The standard InChI is InChI=1S/C14H15FN2O2S/c1-20(18,19)14-8-7-11(9-13(14)15)10-16-17-12-5-3-2-4-6-12/h2-9,16-17H,10H2,1H3. The van der Waals surface area contributed by atoms with Crippen LogP contribution >= 0.6 is 0 Å². The molecule has 2 aromatic rings. The minimum absolute atomic E-state index is 0.280. The van der Waals surface area contributed by atoms with Crippen LogP contribution < -0.4 is 10.9 Å². The Morgan fingerprint density at radius 2 is 1.80 bits per heavy atom. The number of halogens is 1. The molecular formula is C14H15FN2O2S. The van der Waals surface area contributed by atoms with E-state index in [0.717, 1.165) is 11.9 Å². The van der Waals surface area contributed by atoms with Crippen molar-refractivity contribution in [2.24, 2.45) is 0 Å². The third kappa shape index (κ3) is 3.79. The molecule has 0 bridgehead atoms. The number of hydrogen-bond donors (Lipinski definition) is 2. The molecule has 0 aliphatic heterocycles. The Bertz CT molecular complexity index is 688. The average Bonchev–Trinajstić information content (AvgIpc) is 2.38. The van der Waals surface area contributed by atoms with Crippen molar-refractivity contribution in [2.45, 2.75) is 11.4 Å². The van der Waals surface area contributed by atoms with Gasteiger partial charge in [-0.25, -0.2) is 18.2 Å². The molecule has 0 atom stereocenters. The van der Waals surface area contributed by atoms with Crippen LogP contribution in [0.15, 0.2) is 53.4 Å². The monoisotopic (exact) mass is 294 g/mol. The topological polar surface area (TPSA) is 58.2 Å². The number of para-hydroxylation sites is 1. The van der Waals surface area contributed by atoms with Crippen molar-refractivity contribution in [2.75, 3.05) is 11.7 Å². The summed E-state index contributed by atoms with van der Waals surface area (Å²) in [5.41, 5.74) is 7.44. The molecule has 0 aliphatic rings. The third-order valence-electron chi connectivity index (χ3n) is 2.69. The summed E-state index contributed by atoms with van der Waals surface area (Å²) in [5.74, 6) is -0.730. The van der Waals surface area contributed by atoms with Crippen LogP contribution in [0.5, 0.6) is 0 Å². The van der Waals surface area contributed by atoms with E-state index in [1.165, 1.54) is 12.1 Å². The molecule has 2 aromatic carbocycles. The number of nitrogens with one attached hydrogen (secondary N) is 2. The van der Waals surface area contributed by atoms with Crippen molar-refractivity contribution in [3.05, 3.63) is 59.9 Å². The molecule has 0 fully saturated rings. The molecule has 0 spiro atoms. The fourth-order valence-electron chi connectivity index (χ4n) is 1.72. The van der Waals surface area contributed by atoms with Gasteiger partial charge in [-0.1, -0.05) is 24.3 Å². The lowest BCUT2D eigenvalue weighted by Crippen LogP contribution is -2.20. The molecule has 0 unspecified atom stereocenters. The first-order valence-corrected chi connectivity index (χ1v) is 7.88. The Kier molecular flexibility index (Phi) is 4.36. The van der Waals surface area contributed by atoms with Gasteiger partial charge in [-0.3, -0.25) is 0 Å². The van der Waals surface area contributed by atoms with Gasteiger partial charge < -0.3 is 5.43 Å².